The predicted molar refractivity (Wildman–Crippen MR) is 66.2 cm³/mol. The first-order valence-corrected chi connectivity index (χ1v) is 6.17. The summed E-state index contributed by atoms with van der Waals surface area (Å²) in [6.07, 6.45) is 0. The number of halogens is 1. The van der Waals surface area contributed by atoms with Crippen LogP contribution in [0.25, 0.3) is 0 Å². The Labute approximate surface area is 99.2 Å². The molecule has 0 heterocycles. The Kier molecular flexibility index (Phi) is 4.82. The van der Waals surface area contributed by atoms with Gasteiger partial charge in [-0.1, -0.05) is 54.0 Å². The van der Waals surface area contributed by atoms with Gasteiger partial charge in [0.05, 0.1) is 5.33 Å². The van der Waals surface area contributed by atoms with Crippen molar-refractivity contribution in [1.82, 2.24) is 5.32 Å². The maximum Gasteiger partial charge on any atom is 0.230 e. The van der Waals surface area contributed by atoms with E-state index < -0.39 is 0 Å². The Bertz CT molecular complexity index is 319. The molecule has 0 spiro atoms. The molecule has 1 amide bonds. The van der Waals surface area contributed by atoms with Crippen molar-refractivity contribution in [3.05, 3.63) is 35.4 Å². The third-order valence-electron chi connectivity index (χ3n) is 2.26. The van der Waals surface area contributed by atoms with Crippen molar-refractivity contribution >= 4 is 21.8 Å². The fourth-order valence-corrected chi connectivity index (χ4v) is 1.47. The first-order valence-electron chi connectivity index (χ1n) is 5.05. The lowest BCUT2D eigenvalue weighted by Crippen LogP contribution is -2.23. The summed E-state index contributed by atoms with van der Waals surface area (Å²) in [4.78, 5) is 11.0. The Balaban J connectivity index is 2.53. The molecule has 1 N–H and O–H groups in total. The van der Waals surface area contributed by atoms with Crippen LogP contribution in [0.1, 0.15) is 30.9 Å². The van der Waals surface area contributed by atoms with Gasteiger partial charge in [0, 0.05) is 6.54 Å². The first kappa shape index (κ1) is 12.2. The van der Waals surface area contributed by atoms with Crippen LogP contribution in [0.3, 0.4) is 0 Å². The van der Waals surface area contributed by atoms with Crippen molar-refractivity contribution in [2.24, 2.45) is 0 Å². The monoisotopic (exact) mass is 269 g/mol. The topological polar surface area (TPSA) is 29.1 Å². The van der Waals surface area contributed by atoms with E-state index in [9.17, 15) is 4.79 Å². The molecule has 0 fully saturated rings. The number of hydrogen-bond acceptors (Lipinski definition) is 1. The molecule has 0 radical (unpaired) electrons. The van der Waals surface area contributed by atoms with Gasteiger partial charge in [-0.3, -0.25) is 4.79 Å². The van der Waals surface area contributed by atoms with Crippen molar-refractivity contribution in [2.75, 3.05) is 5.33 Å². The van der Waals surface area contributed by atoms with Crippen LogP contribution in [-0.2, 0) is 11.3 Å². The van der Waals surface area contributed by atoms with Crippen molar-refractivity contribution in [3.63, 3.8) is 0 Å². The summed E-state index contributed by atoms with van der Waals surface area (Å²) in [5.74, 6) is 0.569. The molecule has 0 unspecified atom stereocenters. The molecule has 1 rings (SSSR count). The SMILES string of the molecule is CC(C)c1ccc(CNC(=O)CBr)cc1. The summed E-state index contributed by atoms with van der Waals surface area (Å²) in [7, 11) is 0. The molecule has 0 bridgehead atoms. The van der Waals surface area contributed by atoms with Gasteiger partial charge in [-0.05, 0) is 17.0 Å². The Hall–Kier alpha value is -0.830. The third kappa shape index (κ3) is 4.04. The normalized spacial score (nSPS) is 10.4. The summed E-state index contributed by atoms with van der Waals surface area (Å²) >= 11 is 3.11. The fraction of sp³-hybridized carbons (Fsp3) is 0.417. The van der Waals surface area contributed by atoms with Gasteiger partial charge in [0.2, 0.25) is 5.91 Å². The van der Waals surface area contributed by atoms with Crippen molar-refractivity contribution in [3.8, 4) is 0 Å². The van der Waals surface area contributed by atoms with Gasteiger partial charge in [0.25, 0.3) is 0 Å². The van der Waals surface area contributed by atoms with Crippen LogP contribution >= 0.6 is 15.9 Å². The minimum Gasteiger partial charge on any atom is -0.351 e. The van der Waals surface area contributed by atoms with E-state index in [1.165, 1.54) is 5.56 Å². The van der Waals surface area contributed by atoms with Gasteiger partial charge in [-0.2, -0.15) is 0 Å². The van der Waals surface area contributed by atoms with Crippen LogP contribution in [0.4, 0.5) is 0 Å². The van der Waals surface area contributed by atoms with Gasteiger partial charge in [-0.15, -0.1) is 0 Å². The van der Waals surface area contributed by atoms with Gasteiger partial charge >= 0.3 is 0 Å². The molecular weight excluding hydrogens is 254 g/mol. The van der Waals surface area contributed by atoms with Crippen LogP contribution in [-0.4, -0.2) is 11.2 Å². The highest BCUT2D eigenvalue weighted by atomic mass is 79.9. The number of rotatable bonds is 4. The van der Waals surface area contributed by atoms with Crippen LogP contribution in [0.5, 0.6) is 0 Å². The van der Waals surface area contributed by atoms with Gasteiger partial charge in [0.1, 0.15) is 0 Å². The Morgan fingerprint density at radius 3 is 2.40 bits per heavy atom. The lowest BCUT2D eigenvalue weighted by atomic mass is 10.0. The zero-order valence-corrected chi connectivity index (χ0v) is 10.7. The maximum atomic E-state index is 11.0. The summed E-state index contributed by atoms with van der Waals surface area (Å²) in [6, 6.07) is 8.34. The summed E-state index contributed by atoms with van der Waals surface area (Å²) in [5.41, 5.74) is 2.46. The van der Waals surface area contributed by atoms with E-state index in [2.05, 4.69) is 59.4 Å². The minimum absolute atomic E-state index is 0.0166. The average molecular weight is 270 g/mol. The predicted octanol–water partition coefficient (Wildman–Crippen LogP) is 2.82. The molecule has 1 aromatic carbocycles. The number of benzene rings is 1. The van der Waals surface area contributed by atoms with Gasteiger partial charge in [-0.25, -0.2) is 0 Å². The van der Waals surface area contributed by atoms with E-state index in [0.29, 0.717) is 17.8 Å². The van der Waals surface area contributed by atoms with E-state index in [4.69, 9.17) is 0 Å². The second-order valence-electron chi connectivity index (χ2n) is 3.81. The smallest absolute Gasteiger partial charge is 0.230 e. The van der Waals surface area contributed by atoms with Crippen LogP contribution in [0, 0.1) is 0 Å². The molecule has 0 atom stereocenters. The highest BCUT2D eigenvalue weighted by Gasteiger charge is 2.00. The average Bonchev–Trinajstić information content (AvgIpc) is 2.26. The number of amides is 1. The zero-order chi connectivity index (χ0) is 11.3. The third-order valence-corrected chi connectivity index (χ3v) is 2.77. The van der Waals surface area contributed by atoms with Gasteiger partial charge in [0.15, 0.2) is 0 Å². The number of carbonyl (C=O) groups is 1. The molecule has 3 heteroatoms. The number of hydrogen-bond donors (Lipinski definition) is 1. The molecule has 2 nitrogen and oxygen atoms in total. The van der Waals surface area contributed by atoms with Crippen molar-refractivity contribution in [1.29, 1.82) is 0 Å². The van der Waals surface area contributed by atoms with E-state index in [1.54, 1.807) is 0 Å². The molecule has 0 aliphatic heterocycles. The number of carbonyl (C=O) groups excluding carboxylic acids is 1. The zero-order valence-electron chi connectivity index (χ0n) is 9.09. The standard InChI is InChI=1S/C12H16BrNO/c1-9(2)11-5-3-10(4-6-11)8-14-12(15)7-13/h3-6,9H,7-8H2,1-2H3,(H,14,15). The Morgan fingerprint density at radius 1 is 1.33 bits per heavy atom. The van der Waals surface area contributed by atoms with Crippen LogP contribution in [0.15, 0.2) is 24.3 Å². The molecule has 0 aliphatic rings. The van der Waals surface area contributed by atoms with Crippen molar-refractivity contribution < 1.29 is 4.79 Å². The lowest BCUT2D eigenvalue weighted by molar-refractivity contribution is -0.118. The molecule has 15 heavy (non-hydrogen) atoms. The Morgan fingerprint density at radius 2 is 1.93 bits per heavy atom. The molecule has 0 aliphatic carbocycles. The minimum atomic E-state index is 0.0166. The maximum absolute atomic E-state index is 11.0. The molecule has 0 saturated carbocycles. The van der Waals surface area contributed by atoms with E-state index in [1.807, 2.05) is 0 Å². The van der Waals surface area contributed by atoms with Crippen LogP contribution in [0.2, 0.25) is 0 Å². The largest absolute Gasteiger partial charge is 0.351 e. The molecule has 1 aromatic rings. The van der Waals surface area contributed by atoms with E-state index in [0.717, 1.165) is 5.56 Å². The second-order valence-corrected chi connectivity index (χ2v) is 4.37. The second kappa shape index (κ2) is 5.91. The van der Waals surface area contributed by atoms with Gasteiger partial charge < -0.3 is 5.32 Å². The summed E-state index contributed by atoms with van der Waals surface area (Å²) in [5, 5.41) is 3.17. The van der Waals surface area contributed by atoms with Crippen LogP contribution < -0.4 is 5.32 Å². The highest BCUT2D eigenvalue weighted by Crippen LogP contribution is 2.14. The first-order chi connectivity index (χ1) is 7.13. The number of nitrogens with one attached hydrogen (secondary N) is 1. The van der Waals surface area contributed by atoms with Crippen molar-refractivity contribution in [2.45, 2.75) is 26.3 Å². The lowest BCUT2D eigenvalue weighted by Gasteiger charge is -2.07. The quantitative estimate of drug-likeness (QED) is 0.837. The number of alkyl halides is 1. The summed E-state index contributed by atoms with van der Waals surface area (Å²) in [6.45, 7) is 4.94. The van der Waals surface area contributed by atoms with E-state index in [-0.39, 0.29) is 5.91 Å². The fourth-order valence-electron chi connectivity index (χ4n) is 1.27. The molecule has 82 valence electrons. The molecule has 0 aromatic heterocycles. The van der Waals surface area contributed by atoms with E-state index >= 15 is 0 Å². The highest BCUT2D eigenvalue weighted by molar-refractivity contribution is 9.09. The molecular formula is C12H16BrNO. The summed E-state index contributed by atoms with van der Waals surface area (Å²) < 4.78 is 0. The molecule has 0 saturated heterocycles.